The third-order valence-electron chi connectivity index (χ3n) is 2.81. The molecule has 1 aromatic carbocycles. The molecule has 3 aromatic rings. The summed E-state index contributed by atoms with van der Waals surface area (Å²) < 4.78 is 10.5. The van der Waals surface area contributed by atoms with Crippen molar-refractivity contribution in [2.24, 2.45) is 0 Å². The predicted molar refractivity (Wildman–Crippen MR) is 77.5 cm³/mol. The summed E-state index contributed by atoms with van der Waals surface area (Å²) in [6.45, 7) is 0. The van der Waals surface area contributed by atoms with E-state index in [1.165, 1.54) is 18.4 Å². The van der Waals surface area contributed by atoms with Gasteiger partial charge in [0.15, 0.2) is 16.3 Å². The molecule has 6 nitrogen and oxygen atoms in total. The quantitative estimate of drug-likeness (QED) is 0.746. The van der Waals surface area contributed by atoms with Crippen LogP contribution >= 0.6 is 11.3 Å². The SMILES string of the molecule is CNc1nnc(-c2cc3cccc(OC)c3oc2=O)s1. The monoisotopic (exact) mass is 289 g/mol. The molecule has 2 aromatic heterocycles. The molecule has 0 bridgehead atoms. The molecule has 0 aliphatic carbocycles. The Bertz CT molecular complexity index is 825. The number of anilines is 1. The Morgan fingerprint density at radius 3 is 2.90 bits per heavy atom. The van der Waals surface area contributed by atoms with Crippen molar-refractivity contribution in [3.05, 3.63) is 34.7 Å². The maximum absolute atomic E-state index is 12.1. The zero-order valence-electron chi connectivity index (χ0n) is 10.8. The average molecular weight is 289 g/mol. The van der Waals surface area contributed by atoms with Gasteiger partial charge in [0.05, 0.1) is 12.7 Å². The molecule has 0 saturated carbocycles. The molecule has 102 valence electrons. The Labute approximate surface area is 118 Å². The van der Waals surface area contributed by atoms with Gasteiger partial charge in [-0.25, -0.2) is 4.79 Å². The number of para-hydroxylation sites is 1. The zero-order chi connectivity index (χ0) is 14.1. The average Bonchev–Trinajstić information content (AvgIpc) is 2.94. The van der Waals surface area contributed by atoms with Gasteiger partial charge in [0.25, 0.3) is 0 Å². The van der Waals surface area contributed by atoms with E-state index in [9.17, 15) is 4.79 Å². The van der Waals surface area contributed by atoms with Crippen LogP contribution in [0.1, 0.15) is 0 Å². The van der Waals surface area contributed by atoms with E-state index in [0.717, 1.165) is 5.39 Å². The zero-order valence-corrected chi connectivity index (χ0v) is 11.7. The van der Waals surface area contributed by atoms with E-state index in [4.69, 9.17) is 9.15 Å². The van der Waals surface area contributed by atoms with Gasteiger partial charge in [0, 0.05) is 12.4 Å². The van der Waals surface area contributed by atoms with Crippen LogP contribution in [0.25, 0.3) is 21.5 Å². The van der Waals surface area contributed by atoms with Gasteiger partial charge in [-0.15, -0.1) is 10.2 Å². The van der Waals surface area contributed by atoms with Gasteiger partial charge in [-0.2, -0.15) is 0 Å². The van der Waals surface area contributed by atoms with Crippen LogP contribution in [-0.4, -0.2) is 24.4 Å². The predicted octanol–water partition coefficient (Wildman–Crippen LogP) is 2.36. The number of hydrogen-bond donors (Lipinski definition) is 1. The lowest BCUT2D eigenvalue weighted by atomic mass is 10.2. The summed E-state index contributed by atoms with van der Waals surface area (Å²) in [5.41, 5.74) is 0.368. The Hall–Kier alpha value is -2.41. The molecule has 20 heavy (non-hydrogen) atoms. The van der Waals surface area contributed by atoms with E-state index in [2.05, 4.69) is 15.5 Å². The summed E-state index contributed by atoms with van der Waals surface area (Å²) in [4.78, 5) is 12.1. The lowest BCUT2D eigenvalue weighted by Gasteiger charge is -2.04. The maximum atomic E-state index is 12.1. The second-order valence-corrected chi connectivity index (χ2v) is 4.97. The Morgan fingerprint density at radius 2 is 2.20 bits per heavy atom. The molecular formula is C13H11N3O3S. The van der Waals surface area contributed by atoms with E-state index in [-0.39, 0.29) is 0 Å². The molecule has 0 fully saturated rings. The lowest BCUT2D eigenvalue weighted by Crippen LogP contribution is -2.03. The van der Waals surface area contributed by atoms with Crippen molar-refractivity contribution in [2.75, 3.05) is 19.5 Å². The van der Waals surface area contributed by atoms with E-state index in [0.29, 0.717) is 27.0 Å². The highest BCUT2D eigenvalue weighted by Gasteiger charge is 2.14. The van der Waals surface area contributed by atoms with Crippen LogP contribution in [0, 0.1) is 0 Å². The van der Waals surface area contributed by atoms with Gasteiger partial charge in [0.2, 0.25) is 5.13 Å². The first-order valence-corrected chi connectivity index (χ1v) is 6.67. The van der Waals surface area contributed by atoms with E-state index in [1.54, 1.807) is 19.2 Å². The molecule has 0 amide bonds. The normalized spacial score (nSPS) is 10.7. The minimum atomic E-state index is -0.458. The third-order valence-corrected chi connectivity index (χ3v) is 3.79. The molecule has 0 atom stereocenters. The Kier molecular flexibility index (Phi) is 3.11. The molecule has 0 radical (unpaired) electrons. The highest BCUT2D eigenvalue weighted by molar-refractivity contribution is 7.18. The number of fused-ring (bicyclic) bond motifs is 1. The number of benzene rings is 1. The van der Waals surface area contributed by atoms with Crippen LogP contribution in [0.5, 0.6) is 5.75 Å². The summed E-state index contributed by atoms with van der Waals surface area (Å²) in [7, 11) is 3.28. The first-order valence-electron chi connectivity index (χ1n) is 5.85. The molecule has 0 aliphatic rings. The second kappa shape index (κ2) is 4.93. The van der Waals surface area contributed by atoms with Crippen LogP contribution in [0.3, 0.4) is 0 Å². The Morgan fingerprint density at radius 1 is 1.35 bits per heavy atom. The minimum Gasteiger partial charge on any atom is -0.493 e. The van der Waals surface area contributed by atoms with Gasteiger partial charge in [0.1, 0.15) is 0 Å². The second-order valence-electron chi connectivity index (χ2n) is 3.99. The number of nitrogens with one attached hydrogen (secondary N) is 1. The number of rotatable bonds is 3. The summed E-state index contributed by atoms with van der Waals surface area (Å²) in [5.74, 6) is 0.527. The number of hydrogen-bond acceptors (Lipinski definition) is 7. The molecule has 7 heteroatoms. The highest BCUT2D eigenvalue weighted by Crippen LogP contribution is 2.29. The molecule has 0 saturated heterocycles. The van der Waals surface area contributed by atoms with Crippen LogP contribution in [-0.2, 0) is 0 Å². The number of aromatic nitrogens is 2. The number of nitrogens with zero attached hydrogens (tertiary/aromatic N) is 2. The van der Waals surface area contributed by atoms with Gasteiger partial charge < -0.3 is 14.5 Å². The van der Waals surface area contributed by atoms with Crippen molar-refractivity contribution in [3.63, 3.8) is 0 Å². The minimum absolute atomic E-state index is 0.393. The largest absolute Gasteiger partial charge is 0.493 e. The number of ether oxygens (including phenoxy) is 1. The van der Waals surface area contributed by atoms with Gasteiger partial charge in [-0.3, -0.25) is 0 Å². The summed E-state index contributed by atoms with van der Waals surface area (Å²) >= 11 is 1.29. The van der Waals surface area contributed by atoms with Crippen LogP contribution in [0.2, 0.25) is 0 Å². The molecule has 0 aliphatic heterocycles. The Balaban J connectivity index is 2.22. The smallest absolute Gasteiger partial charge is 0.346 e. The van der Waals surface area contributed by atoms with Crippen LogP contribution in [0.4, 0.5) is 5.13 Å². The third kappa shape index (κ3) is 2.01. The molecule has 0 spiro atoms. The molecule has 2 heterocycles. The van der Waals surface area contributed by atoms with E-state index in [1.807, 2.05) is 12.1 Å². The van der Waals surface area contributed by atoms with Crippen molar-refractivity contribution in [2.45, 2.75) is 0 Å². The maximum Gasteiger partial charge on any atom is 0.346 e. The lowest BCUT2D eigenvalue weighted by molar-refractivity contribution is 0.407. The fraction of sp³-hybridized carbons (Fsp3) is 0.154. The summed E-state index contributed by atoms with van der Waals surface area (Å²) in [6.07, 6.45) is 0. The summed E-state index contributed by atoms with van der Waals surface area (Å²) in [5, 5.41) is 12.7. The van der Waals surface area contributed by atoms with Gasteiger partial charge >= 0.3 is 5.63 Å². The van der Waals surface area contributed by atoms with Gasteiger partial charge in [-0.1, -0.05) is 23.5 Å². The van der Waals surface area contributed by atoms with Crippen LogP contribution < -0.4 is 15.7 Å². The van der Waals surface area contributed by atoms with Crippen molar-refractivity contribution in [1.29, 1.82) is 0 Å². The fourth-order valence-corrected chi connectivity index (χ4v) is 2.56. The summed E-state index contributed by atoms with van der Waals surface area (Å²) in [6, 6.07) is 7.17. The topological polar surface area (TPSA) is 77.2 Å². The first kappa shape index (κ1) is 12.6. The molecule has 0 unspecified atom stereocenters. The molecule has 3 rings (SSSR count). The van der Waals surface area contributed by atoms with E-state index >= 15 is 0 Å². The van der Waals surface area contributed by atoms with Gasteiger partial charge in [-0.05, 0) is 12.1 Å². The molecule has 1 N–H and O–H groups in total. The van der Waals surface area contributed by atoms with E-state index < -0.39 is 5.63 Å². The van der Waals surface area contributed by atoms with Crippen molar-refractivity contribution in [1.82, 2.24) is 10.2 Å². The fourth-order valence-electron chi connectivity index (χ4n) is 1.86. The van der Waals surface area contributed by atoms with Crippen molar-refractivity contribution in [3.8, 4) is 16.3 Å². The highest BCUT2D eigenvalue weighted by atomic mass is 32.1. The first-order chi connectivity index (χ1) is 9.72. The molecular weight excluding hydrogens is 278 g/mol. The standard InChI is InChI=1S/C13H11N3O3S/c1-14-13-16-15-11(20-13)8-6-7-4-3-5-9(18-2)10(7)19-12(8)17/h3-6H,1-2H3,(H,14,16). The number of methoxy groups -OCH3 is 1. The van der Waals surface area contributed by atoms with Crippen LogP contribution in [0.15, 0.2) is 33.5 Å². The van der Waals surface area contributed by atoms with Crippen molar-refractivity contribution < 1.29 is 9.15 Å². The van der Waals surface area contributed by atoms with Crippen molar-refractivity contribution >= 4 is 27.4 Å².